The van der Waals surface area contributed by atoms with E-state index in [1.807, 2.05) is 4.90 Å². The molecule has 1 aliphatic heterocycles. The number of anilines is 1. The number of amides is 1. The number of nitrogens with zero attached hydrogens (tertiary/aromatic N) is 1. The molecule has 0 spiro atoms. The summed E-state index contributed by atoms with van der Waals surface area (Å²) in [7, 11) is -3.64. The molecule has 0 aliphatic carbocycles. The van der Waals surface area contributed by atoms with E-state index in [2.05, 4.69) is 5.32 Å². The summed E-state index contributed by atoms with van der Waals surface area (Å²) in [6.45, 7) is 3.09. The van der Waals surface area contributed by atoms with Crippen molar-refractivity contribution in [3.8, 4) is 0 Å². The minimum absolute atomic E-state index is 0.106. The topological polar surface area (TPSA) is 92.5 Å². The number of piperidine rings is 1. The Kier molecular flexibility index (Phi) is 4.29. The summed E-state index contributed by atoms with van der Waals surface area (Å²) in [5.74, 6) is 0.112. The number of hydrogen-bond acceptors (Lipinski definition) is 4. The highest BCUT2D eigenvalue weighted by molar-refractivity contribution is 7.89. The fourth-order valence-corrected chi connectivity index (χ4v) is 2.83. The van der Waals surface area contributed by atoms with Gasteiger partial charge in [-0.1, -0.05) is 0 Å². The third kappa shape index (κ3) is 3.71. The van der Waals surface area contributed by atoms with Gasteiger partial charge in [-0.3, -0.25) is 4.79 Å². The summed E-state index contributed by atoms with van der Waals surface area (Å²) in [5.41, 5.74) is 0.860. The average Bonchev–Trinajstić information content (AvgIpc) is 2.39. The van der Waals surface area contributed by atoms with Crippen molar-refractivity contribution in [2.45, 2.75) is 30.7 Å². The summed E-state index contributed by atoms with van der Waals surface area (Å²) in [6, 6.07) is 6.68. The van der Waals surface area contributed by atoms with Gasteiger partial charge in [0.2, 0.25) is 15.9 Å². The van der Waals surface area contributed by atoms with Crippen LogP contribution < -0.4 is 10.5 Å². The molecule has 1 saturated heterocycles. The Bertz CT molecular complexity index is 575. The minimum Gasteiger partial charge on any atom is -0.382 e. The SMILES string of the molecule is CC(=O)N1CCC(Nc2ccc(S(N)(=O)=O)cc2)CC1. The van der Waals surface area contributed by atoms with E-state index in [0.29, 0.717) is 6.04 Å². The summed E-state index contributed by atoms with van der Waals surface area (Å²) < 4.78 is 22.3. The second-order valence-electron chi connectivity index (χ2n) is 4.99. The molecular weight excluding hydrogens is 278 g/mol. The lowest BCUT2D eigenvalue weighted by Gasteiger charge is -2.32. The highest BCUT2D eigenvalue weighted by Crippen LogP contribution is 2.18. The van der Waals surface area contributed by atoms with Crippen molar-refractivity contribution in [2.24, 2.45) is 5.14 Å². The number of hydrogen-bond donors (Lipinski definition) is 2. The van der Waals surface area contributed by atoms with Crippen molar-refractivity contribution >= 4 is 21.6 Å². The Morgan fingerprint density at radius 3 is 2.25 bits per heavy atom. The van der Waals surface area contributed by atoms with Gasteiger partial charge in [-0.05, 0) is 37.1 Å². The summed E-state index contributed by atoms with van der Waals surface area (Å²) >= 11 is 0. The van der Waals surface area contributed by atoms with Crippen LogP contribution in [0.1, 0.15) is 19.8 Å². The first-order valence-corrected chi connectivity index (χ1v) is 8.06. The molecule has 1 aliphatic rings. The molecular formula is C13H19N3O3S. The minimum atomic E-state index is -3.64. The molecule has 20 heavy (non-hydrogen) atoms. The van der Waals surface area contributed by atoms with Gasteiger partial charge >= 0.3 is 0 Å². The van der Waals surface area contributed by atoms with Crippen LogP contribution in [0, 0.1) is 0 Å². The second-order valence-corrected chi connectivity index (χ2v) is 6.56. The van der Waals surface area contributed by atoms with E-state index >= 15 is 0 Å². The van der Waals surface area contributed by atoms with Crippen LogP contribution in [-0.4, -0.2) is 38.4 Å². The average molecular weight is 297 g/mol. The van der Waals surface area contributed by atoms with E-state index in [0.717, 1.165) is 31.6 Å². The number of likely N-dealkylation sites (tertiary alicyclic amines) is 1. The Labute approximate surface area is 119 Å². The van der Waals surface area contributed by atoms with E-state index in [4.69, 9.17) is 5.14 Å². The first kappa shape index (κ1) is 14.8. The van der Waals surface area contributed by atoms with Crippen LogP contribution in [0.5, 0.6) is 0 Å². The Balaban J connectivity index is 1.93. The van der Waals surface area contributed by atoms with Gasteiger partial charge in [-0.25, -0.2) is 13.6 Å². The number of carbonyl (C=O) groups is 1. The molecule has 0 radical (unpaired) electrons. The lowest BCUT2D eigenvalue weighted by molar-refractivity contribution is -0.129. The van der Waals surface area contributed by atoms with E-state index in [9.17, 15) is 13.2 Å². The maximum absolute atomic E-state index is 11.2. The van der Waals surface area contributed by atoms with Crippen LogP contribution in [-0.2, 0) is 14.8 Å². The van der Waals surface area contributed by atoms with Gasteiger partial charge in [0.05, 0.1) is 4.90 Å². The zero-order chi connectivity index (χ0) is 14.8. The predicted octanol–water partition coefficient (Wildman–Crippen LogP) is 0.757. The molecule has 110 valence electrons. The molecule has 1 fully saturated rings. The van der Waals surface area contributed by atoms with E-state index < -0.39 is 10.0 Å². The van der Waals surface area contributed by atoms with E-state index in [1.165, 1.54) is 12.1 Å². The number of primary sulfonamides is 1. The predicted molar refractivity (Wildman–Crippen MR) is 76.7 cm³/mol. The molecule has 2 rings (SSSR count). The van der Waals surface area contributed by atoms with Crippen molar-refractivity contribution < 1.29 is 13.2 Å². The molecule has 1 amide bonds. The molecule has 0 atom stereocenters. The molecule has 6 nitrogen and oxygen atoms in total. The number of benzene rings is 1. The van der Waals surface area contributed by atoms with Crippen LogP contribution in [0.4, 0.5) is 5.69 Å². The van der Waals surface area contributed by atoms with Crippen LogP contribution in [0.3, 0.4) is 0 Å². The molecule has 7 heteroatoms. The monoisotopic (exact) mass is 297 g/mol. The molecule has 0 bridgehead atoms. The van der Waals surface area contributed by atoms with Gasteiger partial charge in [-0.2, -0.15) is 0 Å². The lowest BCUT2D eigenvalue weighted by Crippen LogP contribution is -2.41. The Morgan fingerprint density at radius 2 is 1.80 bits per heavy atom. The second kappa shape index (κ2) is 5.80. The van der Waals surface area contributed by atoms with Gasteiger partial charge in [0, 0.05) is 31.7 Å². The first-order chi connectivity index (χ1) is 9.36. The molecule has 3 N–H and O–H groups in total. The number of sulfonamides is 1. The van der Waals surface area contributed by atoms with Crippen molar-refractivity contribution in [1.29, 1.82) is 0 Å². The summed E-state index contributed by atoms with van der Waals surface area (Å²) in [5, 5.41) is 8.39. The highest BCUT2D eigenvalue weighted by atomic mass is 32.2. The van der Waals surface area contributed by atoms with Crippen molar-refractivity contribution in [3.05, 3.63) is 24.3 Å². The fourth-order valence-electron chi connectivity index (χ4n) is 2.32. The van der Waals surface area contributed by atoms with Gasteiger partial charge in [0.25, 0.3) is 0 Å². The van der Waals surface area contributed by atoms with Crippen LogP contribution in [0.25, 0.3) is 0 Å². The Morgan fingerprint density at radius 1 is 1.25 bits per heavy atom. The molecule has 0 aromatic heterocycles. The molecule has 1 aromatic carbocycles. The molecule has 1 heterocycles. The highest BCUT2D eigenvalue weighted by Gasteiger charge is 2.20. The third-order valence-corrected chi connectivity index (χ3v) is 4.42. The number of carbonyl (C=O) groups excluding carboxylic acids is 1. The standard InChI is InChI=1S/C13H19N3O3S/c1-10(17)16-8-6-12(7-9-16)15-11-2-4-13(5-3-11)20(14,18)19/h2-5,12,15H,6-9H2,1H3,(H2,14,18,19). The van der Waals surface area contributed by atoms with Crippen LogP contribution in [0.2, 0.25) is 0 Å². The maximum Gasteiger partial charge on any atom is 0.238 e. The molecule has 0 unspecified atom stereocenters. The van der Waals surface area contributed by atoms with Gasteiger partial charge < -0.3 is 10.2 Å². The normalized spacial score (nSPS) is 17.0. The number of nitrogens with two attached hydrogens (primary N) is 1. The van der Waals surface area contributed by atoms with E-state index in [-0.39, 0.29) is 10.8 Å². The van der Waals surface area contributed by atoms with Gasteiger partial charge in [0.1, 0.15) is 0 Å². The molecule has 0 saturated carbocycles. The fraction of sp³-hybridized carbons (Fsp3) is 0.462. The summed E-state index contributed by atoms with van der Waals surface area (Å²) in [6.07, 6.45) is 1.77. The lowest BCUT2D eigenvalue weighted by atomic mass is 10.0. The van der Waals surface area contributed by atoms with Gasteiger partial charge in [-0.15, -0.1) is 0 Å². The quantitative estimate of drug-likeness (QED) is 0.861. The van der Waals surface area contributed by atoms with Gasteiger partial charge in [0.15, 0.2) is 0 Å². The number of rotatable bonds is 3. The van der Waals surface area contributed by atoms with Crippen LogP contribution >= 0.6 is 0 Å². The van der Waals surface area contributed by atoms with Crippen molar-refractivity contribution in [3.63, 3.8) is 0 Å². The zero-order valence-electron chi connectivity index (χ0n) is 11.4. The maximum atomic E-state index is 11.2. The van der Waals surface area contributed by atoms with Crippen molar-refractivity contribution in [1.82, 2.24) is 4.90 Å². The third-order valence-electron chi connectivity index (χ3n) is 3.49. The Hall–Kier alpha value is -1.60. The van der Waals surface area contributed by atoms with Crippen LogP contribution in [0.15, 0.2) is 29.2 Å². The number of nitrogens with one attached hydrogen (secondary N) is 1. The van der Waals surface area contributed by atoms with E-state index in [1.54, 1.807) is 19.1 Å². The first-order valence-electron chi connectivity index (χ1n) is 6.51. The smallest absolute Gasteiger partial charge is 0.238 e. The largest absolute Gasteiger partial charge is 0.382 e. The van der Waals surface area contributed by atoms with Crippen molar-refractivity contribution in [2.75, 3.05) is 18.4 Å². The zero-order valence-corrected chi connectivity index (χ0v) is 12.2. The molecule has 1 aromatic rings. The summed E-state index contributed by atoms with van der Waals surface area (Å²) in [4.78, 5) is 13.2.